The Hall–Kier alpha value is -1.72. The van der Waals surface area contributed by atoms with E-state index in [-0.39, 0.29) is 17.6 Å². The van der Waals surface area contributed by atoms with Gasteiger partial charge in [-0.15, -0.1) is 5.10 Å². The van der Waals surface area contributed by atoms with Crippen molar-refractivity contribution >= 4 is 11.7 Å². The Balaban J connectivity index is 1.65. The van der Waals surface area contributed by atoms with Crippen molar-refractivity contribution in [2.75, 3.05) is 6.54 Å². The van der Waals surface area contributed by atoms with Crippen LogP contribution in [-0.2, 0) is 22.6 Å². The molecule has 0 radical (unpaired) electrons. The molecule has 0 bridgehead atoms. The van der Waals surface area contributed by atoms with Crippen molar-refractivity contribution in [3.63, 3.8) is 0 Å². The maximum atomic E-state index is 11.7. The highest BCUT2D eigenvalue weighted by atomic mass is 16.1. The molecule has 6 nitrogen and oxygen atoms in total. The second kappa shape index (κ2) is 8.06. The molecule has 0 unspecified atom stereocenters. The quantitative estimate of drug-likeness (QED) is 0.754. The van der Waals surface area contributed by atoms with Gasteiger partial charge in [0, 0.05) is 37.9 Å². The van der Waals surface area contributed by atoms with E-state index in [1.54, 1.807) is 4.68 Å². The Labute approximate surface area is 131 Å². The number of carbonyl (C=O) groups excluding carboxylic acids is 2. The van der Waals surface area contributed by atoms with Crippen LogP contribution in [0.25, 0.3) is 0 Å². The second-order valence-electron chi connectivity index (χ2n) is 6.44. The molecule has 0 aromatic carbocycles. The van der Waals surface area contributed by atoms with E-state index in [0.717, 1.165) is 12.2 Å². The molecule has 1 heterocycles. The molecule has 0 atom stereocenters. The van der Waals surface area contributed by atoms with Crippen molar-refractivity contribution in [1.29, 1.82) is 0 Å². The Morgan fingerprint density at radius 3 is 2.77 bits per heavy atom. The molecule has 1 N–H and O–H groups in total. The van der Waals surface area contributed by atoms with Crippen molar-refractivity contribution < 1.29 is 9.59 Å². The molecule has 1 aromatic heterocycles. The third-order valence-electron chi connectivity index (χ3n) is 4.24. The minimum absolute atomic E-state index is 0.0643. The van der Waals surface area contributed by atoms with Crippen LogP contribution in [0, 0.1) is 11.8 Å². The van der Waals surface area contributed by atoms with Crippen LogP contribution in [0.15, 0.2) is 6.20 Å². The van der Waals surface area contributed by atoms with Crippen LogP contribution in [0.5, 0.6) is 0 Å². The van der Waals surface area contributed by atoms with Crippen molar-refractivity contribution in [1.82, 2.24) is 20.3 Å². The molecule has 1 aliphatic rings. The van der Waals surface area contributed by atoms with Gasteiger partial charge in [0.05, 0.1) is 12.2 Å². The second-order valence-corrected chi connectivity index (χ2v) is 6.44. The summed E-state index contributed by atoms with van der Waals surface area (Å²) in [4.78, 5) is 23.3. The predicted octanol–water partition coefficient (Wildman–Crippen LogP) is 1.74. The number of nitrogens with one attached hydrogen (secondary N) is 1. The molecule has 1 aromatic rings. The highest BCUT2D eigenvalue weighted by Gasteiger charge is 2.17. The summed E-state index contributed by atoms with van der Waals surface area (Å²) in [6, 6.07) is 0. The lowest BCUT2D eigenvalue weighted by atomic mass is 9.85. The summed E-state index contributed by atoms with van der Waals surface area (Å²) < 4.78 is 1.68. The molecule has 22 heavy (non-hydrogen) atoms. The van der Waals surface area contributed by atoms with E-state index < -0.39 is 0 Å². The lowest BCUT2D eigenvalue weighted by Crippen LogP contribution is -2.32. The fraction of sp³-hybridized carbons (Fsp3) is 0.750. The minimum atomic E-state index is 0.0643. The van der Waals surface area contributed by atoms with E-state index in [4.69, 9.17) is 0 Å². The standard InChI is InChI=1S/C16H26N4O2/c1-12(2)15(21)7-6-14-11-20(19-18-14)9-8-16(22)17-10-13-4-3-5-13/h11-13H,3-10H2,1-2H3,(H,17,22). The SMILES string of the molecule is CC(C)C(=O)CCc1cn(CCC(=O)NCC2CCC2)nn1. The molecule has 1 fully saturated rings. The molecular weight excluding hydrogens is 280 g/mol. The Morgan fingerprint density at radius 2 is 2.14 bits per heavy atom. The molecule has 1 amide bonds. The third-order valence-corrected chi connectivity index (χ3v) is 4.24. The number of aromatic nitrogens is 3. The maximum absolute atomic E-state index is 11.7. The lowest BCUT2D eigenvalue weighted by molar-refractivity contribution is -0.122. The van der Waals surface area contributed by atoms with Gasteiger partial charge in [0.2, 0.25) is 5.91 Å². The van der Waals surface area contributed by atoms with Gasteiger partial charge >= 0.3 is 0 Å². The summed E-state index contributed by atoms with van der Waals surface area (Å²) in [7, 11) is 0. The number of nitrogens with zero attached hydrogens (tertiary/aromatic N) is 3. The average Bonchev–Trinajstić information content (AvgIpc) is 2.88. The van der Waals surface area contributed by atoms with Crippen molar-refractivity contribution in [2.24, 2.45) is 11.8 Å². The maximum Gasteiger partial charge on any atom is 0.221 e. The van der Waals surface area contributed by atoms with Gasteiger partial charge in [0.1, 0.15) is 5.78 Å². The van der Waals surface area contributed by atoms with Crippen molar-refractivity contribution in [2.45, 2.75) is 58.9 Å². The fourth-order valence-corrected chi connectivity index (χ4v) is 2.36. The number of Topliss-reactive ketones (excluding diaryl/α,β-unsaturated/α-hetero) is 1. The van der Waals surface area contributed by atoms with E-state index in [0.29, 0.717) is 31.7 Å². The normalized spacial score (nSPS) is 14.9. The number of amides is 1. The van der Waals surface area contributed by atoms with Gasteiger partial charge in [-0.2, -0.15) is 0 Å². The first-order valence-corrected chi connectivity index (χ1v) is 8.23. The molecule has 0 aliphatic heterocycles. The van der Waals surface area contributed by atoms with Crippen LogP contribution in [0.1, 0.15) is 51.6 Å². The summed E-state index contributed by atoms with van der Waals surface area (Å²) in [6.07, 6.45) is 7.13. The minimum Gasteiger partial charge on any atom is -0.356 e. The molecular formula is C16H26N4O2. The highest BCUT2D eigenvalue weighted by molar-refractivity contribution is 5.80. The summed E-state index contributed by atoms with van der Waals surface area (Å²) in [5, 5.41) is 11.0. The first kappa shape index (κ1) is 16.6. The average molecular weight is 306 g/mol. The third kappa shape index (κ3) is 5.24. The van der Waals surface area contributed by atoms with Gasteiger partial charge in [-0.3, -0.25) is 14.3 Å². The zero-order chi connectivity index (χ0) is 15.9. The number of aryl methyl sites for hydroxylation is 2. The van der Waals surface area contributed by atoms with E-state index in [1.165, 1.54) is 19.3 Å². The summed E-state index contributed by atoms with van der Waals surface area (Å²) >= 11 is 0. The van der Waals surface area contributed by atoms with E-state index >= 15 is 0 Å². The van der Waals surface area contributed by atoms with Gasteiger partial charge in [-0.25, -0.2) is 0 Å². The molecule has 6 heteroatoms. The zero-order valence-electron chi connectivity index (χ0n) is 13.5. The van der Waals surface area contributed by atoms with E-state index in [1.807, 2.05) is 20.0 Å². The smallest absolute Gasteiger partial charge is 0.221 e. The van der Waals surface area contributed by atoms with Crippen molar-refractivity contribution in [3.8, 4) is 0 Å². The molecule has 122 valence electrons. The van der Waals surface area contributed by atoms with Crippen LogP contribution in [0.3, 0.4) is 0 Å². The summed E-state index contributed by atoms with van der Waals surface area (Å²) in [6.45, 7) is 5.14. The molecule has 0 spiro atoms. The summed E-state index contributed by atoms with van der Waals surface area (Å²) in [5.41, 5.74) is 0.809. The van der Waals surface area contributed by atoms with Gasteiger partial charge in [0.15, 0.2) is 0 Å². The van der Waals surface area contributed by atoms with Crippen LogP contribution in [-0.4, -0.2) is 33.2 Å². The Kier molecular flexibility index (Phi) is 6.10. The lowest BCUT2D eigenvalue weighted by Gasteiger charge is -2.25. The number of ketones is 1. The topological polar surface area (TPSA) is 76.9 Å². The number of hydrogen-bond donors (Lipinski definition) is 1. The van der Waals surface area contributed by atoms with E-state index in [2.05, 4.69) is 15.6 Å². The number of hydrogen-bond acceptors (Lipinski definition) is 4. The van der Waals surface area contributed by atoms with E-state index in [9.17, 15) is 9.59 Å². The molecule has 1 saturated carbocycles. The van der Waals surface area contributed by atoms with Gasteiger partial charge in [-0.05, 0) is 18.8 Å². The number of carbonyl (C=O) groups is 2. The first-order chi connectivity index (χ1) is 10.5. The Bertz CT molecular complexity index is 506. The molecule has 2 rings (SSSR count). The molecule has 0 saturated heterocycles. The zero-order valence-corrected chi connectivity index (χ0v) is 13.5. The first-order valence-electron chi connectivity index (χ1n) is 8.23. The fourth-order valence-electron chi connectivity index (χ4n) is 2.36. The van der Waals surface area contributed by atoms with Gasteiger partial charge < -0.3 is 5.32 Å². The predicted molar refractivity (Wildman–Crippen MR) is 83.2 cm³/mol. The van der Waals surface area contributed by atoms with Crippen molar-refractivity contribution in [3.05, 3.63) is 11.9 Å². The highest BCUT2D eigenvalue weighted by Crippen LogP contribution is 2.25. The Morgan fingerprint density at radius 1 is 1.36 bits per heavy atom. The van der Waals surface area contributed by atoms with Crippen LogP contribution in [0.4, 0.5) is 0 Å². The molecule has 1 aliphatic carbocycles. The number of rotatable bonds is 9. The van der Waals surface area contributed by atoms with Crippen LogP contribution < -0.4 is 5.32 Å². The summed E-state index contributed by atoms with van der Waals surface area (Å²) in [5.74, 6) is 1.05. The van der Waals surface area contributed by atoms with Gasteiger partial charge in [-0.1, -0.05) is 25.5 Å². The van der Waals surface area contributed by atoms with Crippen LogP contribution >= 0.6 is 0 Å². The monoisotopic (exact) mass is 306 g/mol. The van der Waals surface area contributed by atoms with Crippen LogP contribution in [0.2, 0.25) is 0 Å². The van der Waals surface area contributed by atoms with Gasteiger partial charge in [0.25, 0.3) is 0 Å². The largest absolute Gasteiger partial charge is 0.356 e.